The molecule has 0 aliphatic rings. The molecule has 1 aromatic rings. The van der Waals surface area contributed by atoms with E-state index in [1.165, 1.54) is 12.1 Å². The maximum Gasteiger partial charge on any atom is 0.254 e. The molecule has 0 heterocycles. The van der Waals surface area contributed by atoms with Crippen molar-refractivity contribution in [2.24, 2.45) is 5.73 Å². The van der Waals surface area contributed by atoms with E-state index in [1.54, 1.807) is 0 Å². The minimum Gasteiger partial charge on any atom is -0.392 e. The van der Waals surface area contributed by atoms with Crippen molar-refractivity contribution in [3.05, 3.63) is 34.6 Å². The van der Waals surface area contributed by atoms with E-state index in [0.717, 1.165) is 6.07 Å². The second-order valence-electron chi connectivity index (χ2n) is 3.46. The zero-order valence-corrected chi connectivity index (χ0v) is 10.7. The van der Waals surface area contributed by atoms with Crippen LogP contribution < -0.4 is 11.1 Å². The summed E-state index contributed by atoms with van der Waals surface area (Å²) in [6, 6.07) is 3.33. The Balaban J connectivity index is 2.89. The van der Waals surface area contributed by atoms with Crippen molar-refractivity contribution in [1.29, 1.82) is 0 Å². The number of thiocarbonyl (C=S) groups is 1. The van der Waals surface area contributed by atoms with Gasteiger partial charge in [0, 0.05) is 5.02 Å². The van der Waals surface area contributed by atoms with E-state index in [0.29, 0.717) is 11.4 Å². The third-order valence-electron chi connectivity index (χ3n) is 2.23. The minimum atomic E-state index is -0.635. The average molecular weight is 275 g/mol. The van der Waals surface area contributed by atoms with E-state index in [1.807, 2.05) is 6.92 Å². The lowest BCUT2D eigenvalue weighted by molar-refractivity contribution is 0.0942. The molecule has 1 unspecified atom stereocenters. The van der Waals surface area contributed by atoms with Gasteiger partial charge in [-0.15, -0.1) is 0 Å². The number of hydrogen-bond donors (Lipinski definition) is 2. The molecule has 0 bridgehead atoms. The largest absolute Gasteiger partial charge is 0.392 e. The van der Waals surface area contributed by atoms with Crippen LogP contribution in [0.4, 0.5) is 4.39 Å². The molecule has 1 amide bonds. The molecule has 1 aromatic carbocycles. The number of halogens is 2. The lowest BCUT2D eigenvalue weighted by Crippen LogP contribution is -2.43. The average Bonchev–Trinajstić information content (AvgIpc) is 2.28. The molecule has 6 heteroatoms. The molecule has 0 aliphatic carbocycles. The molecule has 17 heavy (non-hydrogen) atoms. The highest BCUT2D eigenvalue weighted by Crippen LogP contribution is 2.15. The van der Waals surface area contributed by atoms with Crippen LogP contribution >= 0.6 is 23.8 Å². The topological polar surface area (TPSA) is 55.1 Å². The first kappa shape index (κ1) is 13.9. The van der Waals surface area contributed by atoms with E-state index in [-0.39, 0.29) is 10.6 Å². The summed E-state index contributed by atoms with van der Waals surface area (Å²) in [5, 5.41) is 2.84. The summed E-state index contributed by atoms with van der Waals surface area (Å²) in [4.78, 5) is 11.9. The van der Waals surface area contributed by atoms with Crippen molar-refractivity contribution in [2.75, 3.05) is 0 Å². The van der Waals surface area contributed by atoms with Crippen LogP contribution in [0.25, 0.3) is 0 Å². The number of nitrogens with two attached hydrogens (primary N) is 1. The van der Waals surface area contributed by atoms with Crippen LogP contribution in [-0.2, 0) is 0 Å². The Morgan fingerprint density at radius 2 is 2.29 bits per heavy atom. The SMILES string of the molecule is CCC(NC(=O)c1cc(Cl)ccc1F)C(N)=S. The van der Waals surface area contributed by atoms with Crippen LogP contribution in [0.5, 0.6) is 0 Å². The summed E-state index contributed by atoms with van der Waals surface area (Å²) in [5.41, 5.74) is 5.32. The van der Waals surface area contributed by atoms with Crippen molar-refractivity contribution < 1.29 is 9.18 Å². The van der Waals surface area contributed by atoms with Gasteiger partial charge in [-0.3, -0.25) is 4.79 Å². The zero-order chi connectivity index (χ0) is 13.0. The fourth-order valence-electron chi connectivity index (χ4n) is 1.28. The third kappa shape index (κ3) is 3.64. The van der Waals surface area contributed by atoms with Crippen molar-refractivity contribution in [1.82, 2.24) is 5.32 Å². The highest BCUT2D eigenvalue weighted by atomic mass is 35.5. The van der Waals surface area contributed by atoms with Crippen LogP contribution in [0.15, 0.2) is 18.2 Å². The van der Waals surface area contributed by atoms with Crippen molar-refractivity contribution >= 4 is 34.7 Å². The van der Waals surface area contributed by atoms with Gasteiger partial charge >= 0.3 is 0 Å². The maximum atomic E-state index is 13.4. The Bertz CT molecular complexity index is 453. The van der Waals surface area contributed by atoms with Gasteiger partial charge in [0.25, 0.3) is 5.91 Å². The second-order valence-corrected chi connectivity index (χ2v) is 4.37. The van der Waals surface area contributed by atoms with E-state index in [2.05, 4.69) is 5.32 Å². The van der Waals surface area contributed by atoms with Gasteiger partial charge < -0.3 is 11.1 Å². The number of rotatable bonds is 4. The molecule has 0 radical (unpaired) electrons. The van der Waals surface area contributed by atoms with E-state index in [9.17, 15) is 9.18 Å². The fourth-order valence-corrected chi connectivity index (χ4v) is 1.68. The first-order valence-corrected chi connectivity index (χ1v) is 5.79. The predicted molar refractivity (Wildman–Crippen MR) is 69.7 cm³/mol. The van der Waals surface area contributed by atoms with Crippen molar-refractivity contribution in [2.45, 2.75) is 19.4 Å². The van der Waals surface area contributed by atoms with Gasteiger partial charge in [-0.25, -0.2) is 4.39 Å². The monoisotopic (exact) mass is 274 g/mol. The Hall–Kier alpha value is -1.20. The smallest absolute Gasteiger partial charge is 0.254 e. The Kier molecular flexibility index (Phi) is 4.84. The normalized spacial score (nSPS) is 11.9. The molecular weight excluding hydrogens is 263 g/mol. The van der Waals surface area contributed by atoms with Gasteiger partial charge in [0.15, 0.2) is 0 Å². The molecule has 0 saturated carbocycles. The van der Waals surface area contributed by atoms with Crippen LogP contribution in [0.2, 0.25) is 5.02 Å². The van der Waals surface area contributed by atoms with Gasteiger partial charge in [-0.05, 0) is 24.6 Å². The number of nitrogens with one attached hydrogen (secondary N) is 1. The molecule has 3 N–H and O–H groups in total. The first-order valence-electron chi connectivity index (χ1n) is 5.01. The van der Waals surface area contributed by atoms with E-state index in [4.69, 9.17) is 29.6 Å². The summed E-state index contributed by atoms with van der Waals surface area (Å²) >= 11 is 10.5. The first-order chi connectivity index (χ1) is 7.95. The van der Waals surface area contributed by atoms with Gasteiger partial charge in [-0.2, -0.15) is 0 Å². The standard InChI is InChI=1S/C11H12ClFN2OS/c1-2-9(10(14)17)15-11(16)7-5-6(12)3-4-8(7)13/h3-5,9H,2H2,1H3,(H2,14,17)(H,15,16). The van der Waals surface area contributed by atoms with Crippen LogP contribution in [0, 0.1) is 5.82 Å². The van der Waals surface area contributed by atoms with Gasteiger partial charge in [0.05, 0.1) is 16.6 Å². The summed E-state index contributed by atoms with van der Waals surface area (Å²) in [7, 11) is 0. The molecule has 0 saturated heterocycles. The zero-order valence-electron chi connectivity index (χ0n) is 9.17. The quantitative estimate of drug-likeness (QED) is 0.828. The Labute approximate surface area is 109 Å². The molecule has 0 aromatic heterocycles. The van der Waals surface area contributed by atoms with Gasteiger partial charge in [0.1, 0.15) is 5.82 Å². The summed E-state index contributed by atoms with van der Waals surface area (Å²) in [6.45, 7) is 1.82. The van der Waals surface area contributed by atoms with Crippen molar-refractivity contribution in [3.8, 4) is 0 Å². The summed E-state index contributed by atoms with van der Waals surface area (Å²) < 4.78 is 13.4. The minimum absolute atomic E-state index is 0.118. The second kappa shape index (κ2) is 5.93. The number of amides is 1. The van der Waals surface area contributed by atoms with Crippen LogP contribution in [-0.4, -0.2) is 16.9 Å². The number of carbonyl (C=O) groups excluding carboxylic acids is 1. The predicted octanol–water partition coefficient (Wildman–Crippen LogP) is 2.27. The third-order valence-corrected chi connectivity index (χ3v) is 2.75. The maximum absolute atomic E-state index is 13.4. The lowest BCUT2D eigenvalue weighted by atomic mass is 10.1. The molecule has 0 aliphatic heterocycles. The Morgan fingerprint density at radius 3 is 2.82 bits per heavy atom. The highest BCUT2D eigenvalue weighted by molar-refractivity contribution is 7.80. The molecule has 92 valence electrons. The van der Waals surface area contributed by atoms with Crippen LogP contribution in [0.3, 0.4) is 0 Å². The lowest BCUT2D eigenvalue weighted by Gasteiger charge is -2.15. The molecule has 3 nitrogen and oxygen atoms in total. The summed E-state index contributed by atoms with van der Waals surface area (Å²) in [5.74, 6) is -1.21. The van der Waals surface area contributed by atoms with Gasteiger partial charge in [-0.1, -0.05) is 30.7 Å². The molecule has 1 atom stereocenters. The molecule has 1 rings (SSSR count). The number of benzene rings is 1. The fraction of sp³-hybridized carbons (Fsp3) is 0.273. The van der Waals surface area contributed by atoms with Gasteiger partial charge in [0.2, 0.25) is 0 Å². The summed E-state index contributed by atoms with van der Waals surface area (Å²) in [6.07, 6.45) is 0.545. The molecule has 0 fully saturated rings. The van der Waals surface area contributed by atoms with Crippen molar-refractivity contribution in [3.63, 3.8) is 0 Å². The number of hydrogen-bond acceptors (Lipinski definition) is 2. The van der Waals surface area contributed by atoms with Crippen LogP contribution in [0.1, 0.15) is 23.7 Å². The molecular formula is C11H12ClFN2OS. The highest BCUT2D eigenvalue weighted by Gasteiger charge is 2.17. The van der Waals surface area contributed by atoms with E-state index < -0.39 is 17.8 Å². The number of carbonyl (C=O) groups is 1. The Morgan fingerprint density at radius 1 is 1.65 bits per heavy atom. The van der Waals surface area contributed by atoms with E-state index >= 15 is 0 Å². The molecule has 0 spiro atoms.